The van der Waals surface area contributed by atoms with Gasteiger partial charge in [0.1, 0.15) is 0 Å². The molecule has 1 heterocycles. The van der Waals surface area contributed by atoms with E-state index in [2.05, 4.69) is 72.3 Å². The Morgan fingerprint density at radius 3 is 2.58 bits per heavy atom. The summed E-state index contributed by atoms with van der Waals surface area (Å²) in [6.07, 6.45) is 1.11. The average molecular weight is 338 g/mol. The average Bonchev–Trinajstić information content (AvgIpc) is 2.85. The summed E-state index contributed by atoms with van der Waals surface area (Å²) in [6, 6.07) is 11.4. The zero-order valence-electron chi connectivity index (χ0n) is 11.7. The molecule has 1 atom stereocenters. The number of hydrogen-bond donors (Lipinski definition) is 1. The lowest BCUT2D eigenvalue weighted by Crippen LogP contribution is -2.21. The Hall–Kier alpha value is -0.640. The maximum atomic E-state index is 3.70. The van der Waals surface area contributed by atoms with Gasteiger partial charge < -0.3 is 5.32 Å². The fourth-order valence-corrected chi connectivity index (χ4v) is 3.94. The quantitative estimate of drug-likeness (QED) is 0.802. The number of aryl methyl sites for hydroxylation is 2. The summed E-state index contributed by atoms with van der Waals surface area (Å²) < 4.78 is 1.19. The summed E-state index contributed by atoms with van der Waals surface area (Å²) in [6.45, 7) is 7.45. The van der Waals surface area contributed by atoms with Crippen molar-refractivity contribution in [3.63, 3.8) is 0 Å². The molecular formula is C16H20BrNS. The molecule has 0 spiro atoms. The van der Waals surface area contributed by atoms with Gasteiger partial charge in [0, 0.05) is 14.2 Å². The number of benzene rings is 1. The monoisotopic (exact) mass is 337 g/mol. The van der Waals surface area contributed by atoms with Crippen molar-refractivity contribution in [2.24, 2.45) is 0 Å². The highest BCUT2D eigenvalue weighted by Crippen LogP contribution is 2.33. The second-order valence-corrected chi connectivity index (χ2v) is 6.73. The molecule has 0 saturated carbocycles. The highest BCUT2D eigenvalue weighted by Gasteiger charge is 2.17. The van der Waals surface area contributed by atoms with E-state index in [0.717, 1.165) is 13.0 Å². The number of hydrogen-bond acceptors (Lipinski definition) is 2. The van der Waals surface area contributed by atoms with Crippen LogP contribution in [0.5, 0.6) is 0 Å². The van der Waals surface area contributed by atoms with Crippen molar-refractivity contribution in [3.8, 4) is 0 Å². The molecular weight excluding hydrogens is 318 g/mol. The van der Waals surface area contributed by atoms with Crippen molar-refractivity contribution in [1.29, 1.82) is 0 Å². The Balaban J connectivity index is 2.38. The standard InChI is InChI=1S/C16H20BrNS/c1-4-12-7-9-15(19-12)16(18-5-2)13-8-6-11(3)10-14(13)17/h6-10,16,18H,4-5H2,1-3H3. The van der Waals surface area contributed by atoms with Crippen LogP contribution in [0, 0.1) is 6.92 Å². The lowest BCUT2D eigenvalue weighted by molar-refractivity contribution is 0.637. The zero-order valence-corrected chi connectivity index (χ0v) is 14.1. The third-order valence-electron chi connectivity index (χ3n) is 3.19. The molecule has 102 valence electrons. The lowest BCUT2D eigenvalue weighted by atomic mass is 10.0. The number of thiophene rings is 1. The summed E-state index contributed by atoms with van der Waals surface area (Å²) >= 11 is 5.61. The first-order valence-electron chi connectivity index (χ1n) is 6.73. The molecule has 1 aromatic carbocycles. The normalized spacial score (nSPS) is 12.6. The zero-order chi connectivity index (χ0) is 13.8. The van der Waals surface area contributed by atoms with Crippen LogP contribution in [-0.4, -0.2) is 6.54 Å². The summed E-state index contributed by atoms with van der Waals surface area (Å²) in [5, 5.41) is 3.59. The van der Waals surface area contributed by atoms with E-state index in [1.807, 2.05) is 11.3 Å². The Morgan fingerprint density at radius 2 is 2.00 bits per heavy atom. The van der Waals surface area contributed by atoms with E-state index in [0.29, 0.717) is 0 Å². The molecule has 19 heavy (non-hydrogen) atoms. The Morgan fingerprint density at radius 1 is 1.21 bits per heavy atom. The highest BCUT2D eigenvalue weighted by molar-refractivity contribution is 9.10. The molecule has 0 saturated heterocycles. The molecule has 1 nitrogen and oxygen atoms in total. The van der Waals surface area contributed by atoms with Crippen molar-refractivity contribution >= 4 is 27.3 Å². The van der Waals surface area contributed by atoms with E-state index in [9.17, 15) is 0 Å². The molecule has 1 unspecified atom stereocenters. The molecule has 2 aromatic rings. The molecule has 0 aliphatic heterocycles. The second kappa shape index (κ2) is 6.69. The van der Waals surface area contributed by atoms with Gasteiger partial charge in [-0.15, -0.1) is 11.3 Å². The van der Waals surface area contributed by atoms with E-state index in [1.54, 1.807) is 0 Å². The predicted molar refractivity (Wildman–Crippen MR) is 88.1 cm³/mol. The van der Waals surface area contributed by atoms with Gasteiger partial charge in [-0.25, -0.2) is 0 Å². The van der Waals surface area contributed by atoms with Gasteiger partial charge in [0.2, 0.25) is 0 Å². The Bertz CT molecular complexity index is 547. The topological polar surface area (TPSA) is 12.0 Å². The van der Waals surface area contributed by atoms with Gasteiger partial charge in [0.05, 0.1) is 6.04 Å². The molecule has 3 heteroatoms. The van der Waals surface area contributed by atoms with Gasteiger partial charge in [-0.1, -0.05) is 41.9 Å². The molecule has 0 amide bonds. The number of nitrogens with one attached hydrogen (secondary N) is 1. The largest absolute Gasteiger partial charge is 0.306 e. The van der Waals surface area contributed by atoms with E-state index in [-0.39, 0.29) is 6.04 Å². The maximum Gasteiger partial charge on any atom is 0.0682 e. The van der Waals surface area contributed by atoms with Gasteiger partial charge in [-0.05, 0) is 49.2 Å². The highest BCUT2D eigenvalue weighted by atomic mass is 79.9. The van der Waals surface area contributed by atoms with Crippen LogP contribution in [0.4, 0.5) is 0 Å². The molecule has 1 aromatic heterocycles. The summed E-state index contributed by atoms with van der Waals surface area (Å²) in [7, 11) is 0. The second-order valence-electron chi connectivity index (χ2n) is 4.67. The molecule has 2 rings (SSSR count). The van der Waals surface area contributed by atoms with Gasteiger partial charge in [-0.3, -0.25) is 0 Å². The molecule has 0 radical (unpaired) electrons. The number of halogens is 1. The molecule has 1 N–H and O–H groups in total. The fourth-order valence-electron chi connectivity index (χ4n) is 2.17. The van der Waals surface area contributed by atoms with Crippen LogP contribution in [0.25, 0.3) is 0 Å². The van der Waals surface area contributed by atoms with Crippen molar-refractivity contribution < 1.29 is 0 Å². The van der Waals surface area contributed by atoms with E-state index in [4.69, 9.17) is 0 Å². The summed E-state index contributed by atoms with van der Waals surface area (Å²) in [4.78, 5) is 2.84. The van der Waals surface area contributed by atoms with E-state index in [1.165, 1.54) is 25.4 Å². The van der Waals surface area contributed by atoms with Crippen LogP contribution in [0.3, 0.4) is 0 Å². The van der Waals surface area contributed by atoms with Gasteiger partial charge in [0.25, 0.3) is 0 Å². The van der Waals surface area contributed by atoms with Crippen LogP contribution < -0.4 is 5.32 Å². The SMILES string of the molecule is CCNC(c1ccc(CC)s1)c1ccc(C)cc1Br. The Labute approximate surface area is 128 Å². The van der Waals surface area contributed by atoms with Crippen molar-refractivity contribution in [2.45, 2.75) is 33.2 Å². The third-order valence-corrected chi connectivity index (χ3v) is 5.17. The lowest BCUT2D eigenvalue weighted by Gasteiger charge is -2.19. The van der Waals surface area contributed by atoms with Crippen LogP contribution >= 0.6 is 27.3 Å². The first kappa shape index (κ1) is 14.8. The van der Waals surface area contributed by atoms with E-state index < -0.39 is 0 Å². The minimum absolute atomic E-state index is 0.283. The summed E-state index contributed by atoms with van der Waals surface area (Å²) in [5.74, 6) is 0. The molecule has 0 fully saturated rings. The smallest absolute Gasteiger partial charge is 0.0682 e. The van der Waals surface area contributed by atoms with Crippen molar-refractivity contribution in [2.75, 3.05) is 6.54 Å². The number of rotatable bonds is 5. The molecule has 0 aliphatic carbocycles. The first-order valence-corrected chi connectivity index (χ1v) is 8.34. The van der Waals surface area contributed by atoms with Crippen LogP contribution in [0.1, 0.15) is 40.8 Å². The Kier molecular flexibility index (Phi) is 5.20. The third kappa shape index (κ3) is 3.47. The minimum atomic E-state index is 0.283. The van der Waals surface area contributed by atoms with Crippen LogP contribution in [-0.2, 0) is 6.42 Å². The van der Waals surface area contributed by atoms with Gasteiger partial charge >= 0.3 is 0 Å². The van der Waals surface area contributed by atoms with Crippen molar-refractivity contribution in [3.05, 3.63) is 55.7 Å². The molecule has 0 aliphatic rings. The van der Waals surface area contributed by atoms with Gasteiger partial charge in [0.15, 0.2) is 0 Å². The molecule has 0 bridgehead atoms. The summed E-state index contributed by atoms with van der Waals surface area (Å²) in [5.41, 5.74) is 2.60. The minimum Gasteiger partial charge on any atom is -0.306 e. The van der Waals surface area contributed by atoms with Crippen molar-refractivity contribution in [1.82, 2.24) is 5.32 Å². The van der Waals surface area contributed by atoms with Gasteiger partial charge in [-0.2, -0.15) is 0 Å². The van der Waals surface area contributed by atoms with Crippen LogP contribution in [0.2, 0.25) is 0 Å². The predicted octanol–water partition coefficient (Wildman–Crippen LogP) is 5.08. The maximum absolute atomic E-state index is 3.70. The van der Waals surface area contributed by atoms with E-state index >= 15 is 0 Å². The first-order chi connectivity index (χ1) is 9.15. The fraction of sp³-hybridized carbons (Fsp3) is 0.375. The van der Waals surface area contributed by atoms with Crippen LogP contribution in [0.15, 0.2) is 34.8 Å².